The minimum Gasteiger partial charge on any atom is -0.480 e. The molecule has 6 N–H and O–H groups in total. The van der Waals surface area contributed by atoms with Crippen LogP contribution in [0.3, 0.4) is 0 Å². The van der Waals surface area contributed by atoms with Crippen molar-refractivity contribution < 1.29 is 105 Å². The number of carboxylic acid groups (broad SMARTS) is 1. The molecule has 0 saturated heterocycles. The fraction of sp³-hybridized carbons (Fsp3) is 0.793. The van der Waals surface area contributed by atoms with Gasteiger partial charge >= 0.3 is 5.97 Å². The maximum Gasteiger partial charge on any atom is 0.326 e. The number of unbranched alkanes of at least 4 members (excludes halogenated alkanes) is 18. The van der Waals surface area contributed by atoms with Gasteiger partial charge in [0.1, 0.15) is 18.7 Å². The molecule has 668 valence electrons. The summed E-state index contributed by atoms with van der Waals surface area (Å²) in [5, 5.41) is 24.7. The number of anilines is 1. The summed E-state index contributed by atoms with van der Waals surface area (Å²) < 4.78 is 80.2. The van der Waals surface area contributed by atoms with Gasteiger partial charge < -0.3 is 102 Å². The number of likely N-dealkylation sites (N-methyl/N-ethyl adjacent to an activating group) is 1. The van der Waals surface area contributed by atoms with Gasteiger partial charge in [-0.05, 0) is 61.9 Å². The first kappa shape index (κ1) is 105. The molecule has 2 aromatic carbocycles. The number of halogens is 2. The second-order valence-electron chi connectivity index (χ2n) is 30.3. The Kier molecular flexibility index (Phi) is 66.3. The lowest BCUT2D eigenvalue weighted by Gasteiger charge is -2.33. The number of ether oxygens (including phenoxy) is 14. The quantitative estimate of drug-likeness (QED) is 0.0265. The molecule has 1 saturated carbocycles. The maximum atomic E-state index is 13.7. The van der Waals surface area contributed by atoms with Crippen molar-refractivity contribution in [2.24, 2.45) is 5.41 Å². The van der Waals surface area contributed by atoms with Crippen LogP contribution in [0.15, 0.2) is 42.5 Å². The standard InChI is InChI=1S/C87H150Cl2N6O21/c1-5-7-9-11-13-15-17-19-21-25-45-115-73-76(116-46-26-22-20-18-16-14-12-10-8-6-2)72-95(3,4)44-28-41-90-80(96)35-36-81(97)92-43-48-104-50-52-106-54-56-108-58-60-110-62-64-112-66-68-114-70-69-113-67-65-111-63-61-109-59-57-107-55-53-105-51-49-103-47-37-82(98)91-42-40-87(38-23-24-39-87)86(102)94-79(85(100)101)71-74-31-33-75(34-32-74)93-84(99)83-77(88)29-27-30-78(83)89/h27,29-34,76,79H,5-26,28,35-73H2,1-4H3,(H5-,90,91,92,93,94,96,97,98,99,100,101,102)/p+1/t76?,79-/m0/s1. The molecular formula is C87H151Cl2N6O21+. The van der Waals surface area contributed by atoms with Crippen molar-refractivity contribution >= 4 is 64.4 Å². The number of nitrogens with one attached hydrogen (secondary N) is 5. The molecule has 1 unspecified atom stereocenters. The smallest absolute Gasteiger partial charge is 0.326 e. The van der Waals surface area contributed by atoms with Crippen LogP contribution < -0.4 is 26.6 Å². The van der Waals surface area contributed by atoms with E-state index in [9.17, 15) is 33.9 Å². The van der Waals surface area contributed by atoms with Gasteiger partial charge in [-0.1, -0.05) is 184 Å². The molecule has 0 bridgehead atoms. The normalized spacial score (nSPS) is 13.3. The number of carbonyl (C=O) groups excluding carboxylic acids is 5. The lowest BCUT2D eigenvalue weighted by atomic mass is 9.81. The molecule has 2 atom stereocenters. The monoisotopic (exact) mass is 1690 g/mol. The number of quaternary nitrogens is 1. The second kappa shape index (κ2) is 73.0. The van der Waals surface area contributed by atoms with Gasteiger partial charge in [0, 0.05) is 70.6 Å². The van der Waals surface area contributed by atoms with Crippen LogP contribution in [0.2, 0.25) is 10.0 Å². The maximum absolute atomic E-state index is 13.7. The topological polar surface area (TPSA) is 312 Å². The molecule has 2 aromatic rings. The summed E-state index contributed by atoms with van der Waals surface area (Å²) in [4.78, 5) is 76.5. The van der Waals surface area contributed by atoms with Crippen LogP contribution in [0.25, 0.3) is 0 Å². The van der Waals surface area contributed by atoms with E-state index in [1.54, 1.807) is 42.5 Å². The summed E-state index contributed by atoms with van der Waals surface area (Å²) in [5.74, 6) is -2.51. The molecule has 116 heavy (non-hydrogen) atoms. The zero-order chi connectivity index (χ0) is 83.7. The van der Waals surface area contributed by atoms with Gasteiger partial charge in [-0.15, -0.1) is 0 Å². The lowest BCUT2D eigenvalue weighted by molar-refractivity contribution is -0.893. The number of carboxylic acids is 1. The van der Waals surface area contributed by atoms with Crippen LogP contribution in [0, 0.1) is 5.41 Å². The third kappa shape index (κ3) is 58.2. The number of aliphatic carboxylic acids is 1. The Morgan fingerprint density at radius 1 is 0.431 bits per heavy atom. The van der Waals surface area contributed by atoms with Crippen molar-refractivity contribution in [2.75, 3.05) is 231 Å². The molecule has 0 radical (unpaired) electrons. The van der Waals surface area contributed by atoms with Crippen LogP contribution in [0.4, 0.5) is 5.69 Å². The molecule has 1 aliphatic carbocycles. The fourth-order valence-electron chi connectivity index (χ4n) is 13.2. The molecule has 0 heterocycles. The van der Waals surface area contributed by atoms with Crippen LogP contribution in [0.5, 0.6) is 0 Å². The predicted octanol–water partition coefficient (Wildman–Crippen LogP) is 12.7. The third-order valence-corrected chi connectivity index (χ3v) is 20.5. The van der Waals surface area contributed by atoms with Crippen molar-refractivity contribution in [2.45, 2.75) is 219 Å². The Morgan fingerprint density at radius 2 is 0.810 bits per heavy atom. The average molecular weight is 1690 g/mol. The highest BCUT2D eigenvalue weighted by Gasteiger charge is 2.42. The van der Waals surface area contributed by atoms with Crippen molar-refractivity contribution in [1.82, 2.24) is 21.3 Å². The highest BCUT2D eigenvalue weighted by atomic mass is 35.5. The van der Waals surface area contributed by atoms with E-state index in [0.717, 1.165) is 62.9 Å². The number of amides is 5. The van der Waals surface area contributed by atoms with Crippen LogP contribution in [0.1, 0.15) is 216 Å². The number of carbonyl (C=O) groups is 6. The first-order chi connectivity index (χ1) is 56.6. The fourth-order valence-corrected chi connectivity index (χ4v) is 13.7. The van der Waals surface area contributed by atoms with E-state index in [2.05, 4.69) is 54.5 Å². The summed E-state index contributed by atoms with van der Waals surface area (Å²) in [6.45, 7) is 19.5. The number of hydrogen-bond donors (Lipinski definition) is 6. The zero-order valence-corrected chi connectivity index (χ0v) is 72.9. The molecule has 27 nitrogen and oxygen atoms in total. The Balaban J connectivity index is 1.01. The SMILES string of the molecule is CCCCCCCCCCCCOCC(C[N+](C)(C)CCCNC(=O)CCC(=O)NCCOCCOCCOCCOCCOCCOCCOCCOCCOCCOCCOCCOCCC(=O)NCCC1(C(=O)N[C@@H](Cc2ccc(NC(=O)c3c(Cl)cccc3Cl)cc2)C(=O)O)CCCC1)OCCCCCCCCCCCC. The van der Waals surface area contributed by atoms with Crippen LogP contribution in [-0.4, -0.2) is 282 Å². The third-order valence-electron chi connectivity index (χ3n) is 19.9. The van der Waals surface area contributed by atoms with E-state index in [1.165, 1.54) is 116 Å². The Morgan fingerprint density at radius 3 is 1.24 bits per heavy atom. The van der Waals surface area contributed by atoms with E-state index in [-0.39, 0.29) is 84.2 Å². The summed E-state index contributed by atoms with van der Waals surface area (Å²) in [6, 6.07) is 10.2. The summed E-state index contributed by atoms with van der Waals surface area (Å²) in [5.41, 5.74) is 0.455. The van der Waals surface area contributed by atoms with Crippen molar-refractivity contribution in [1.29, 1.82) is 0 Å². The first-order valence-corrected chi connectivity index (χ1v) is 44.5. The number of rotatable bonds is 83. The molecule has 0 aromatic heterocycles. The van der Waals surface area contributed by atoms with Crippen molar-refractivity contribution in [3.05, 3.63) is 63.6 Å². The Labute approximate surface area is 705 Å². The van der Waals surface area contributed by atoms with E-state index in [1.807, 2.05) is 0 Å². The zero-order valence-electron chi connectivity index (χ0n) is 71.4. The number of hydrogen-bond acceptors (Lipinski definition) is 20. The largest absolute Gasteiger partial charge is 0.480 e. The van der Waals surface area contributed by atoms with E-state index in [4.69, 9.17) is 89.5 Å². The van der Waals surface area contributed by atoms with Gasteiger partial charge in [0.2, 0.25) is 23.6 Å². The van der Waals surface area contributed by atoms with Gasteiger partial charge in [-0.2, -0.15) is 0 Å². The average Bonchev–Trinajstić information content (AvgIpc) is 1.42. The highest BCUT2D eigenvalue weighted by molar-refractivity contribution is 6.40. The molecule has 1 fully saturated rings. The summed E-state index contributed by atoms with van der Waals surface area (Å²) in [7, 11) is 4.46. The van der Waals surface area contributed by atoms with Crippen molar-refractivity contribution in [3.8, 4) is 0 Å². The van der Waals surface area contributed by atoms with Crippen molar-refractivity contribution in [3.63, 3.8) is 0 Å². The van der Waals surface area contributed by atoms with E-state index in [0.29, 0.717) is 202 Å². The summed E-state index contributed by atoms with van der Waals surface area (Å²) >= 11 is 12.3. The number of benzene rings is 2. The molecule has 1 aliphatic rings. The Hall–Kier alpha value is -4.76. The predicted molar refractivity (Wildman–Crippen MR) is 453 cm³/mol. The van der Waals surface area contributed by atoms with Gasteiger partial charge in [-0.3, -0.25) is 24.0 Å². The van der Waals surface area contributed by atoms with Gasteiger partial charge in [0.15, 0.2) is 0 Å². The summed E-state index contributed by atoms with van der Waals surface area (Å²) in [6.07, 6.45) is 30.6. The van der Waals surface area contributed by atoms with E-state index >= 15 is 0 Å². The first-order valence-electron chi connectivity index (χ1n) is 43.7. The Bertz CT molecular complexity index is 2740. The van der Waals surface area contributed by atoms with Gasteiger partial charge in [0.05, 0.1) is 207 Å². The number of nitrogens with zero attached hydrogens (tertiary/aromatic N) is 1. The lowest BCUT2D eigenvalue weighted by Crippen LogP contribution is -2.49. The van der Waals surface area contributed by atoms with E-state index < -0.39 is 23.3 Å². The van der Waals surface area contributed by atoms with Gasteiger partial charge in [0.25, 0.3) is 5.91 Å². The van der Waals surface area contributed by atoms with Crippen LogP contribution >= 0.6 is 23.2 Å². The molecule has 29 heteroatoms. The van der Waals surface area contributed by atoms with Crippen LogP contribution in [-0.2, 0) is 96.7 Å². The molecular weight excluding hydrogens is 1540 g/mol. The van der Waals surface area contributed by atoms with Gasteiger partial charge in [-0.25, -0.2) is 4.79 Å². The molecule has 0 spiro atoms. The molecule has 5 amide bonds. The molecule has 3 rings (SSSR count). The minimum atomic E-state index is -1.18. The molecule has 0 aliphatic heterocycles. The second-order valence-corrected chi connectivity index (χ2v) is 31.1. The minimum absolute atomic E-state index is 0.0265. The highest BCUT2D eigenvalue weighted by Crippen LogP contribution is 2.41.